The standard InChI is InChI=1S/C12H24N2O3/c1-9(8-13)11(17)14-7-6-12(2,3)5-4-10(15)16/h9H,4-8,13H2,1-3H3,(H,14,17)(H,15,16). The van der Waals surface area contributed by atoms with Gasteiger partial charge in [-0.05, 0) is 18.3 Å². The van der Waals surface area contributed by atoms with Crippen LogP contribution in [0.3, 0.4) is 0 Å². The summed E-state index contributed by atoms with van der Waals surface area (Å²) in [7, 11) is 0. The highest BCUT2D eigenvalue weighted by Crippen LogP contribution is 2.25. The van der Waals surface area contributed by atoms with Gasteiger partial charge in [0.1, 0.15) is 0 Å². The van der Waals surface area contributed by atoms with Crippen molar-refractivity contribution >= 4 is 11.9 Å². The van der Waals surface area contributed by atoms with Crippen LogP contribution in [0.2, 0.25) is 0 Å². The third-order valence-corrected chi connectivity index (χ3v) is 2.92. The number of aliphatic carboxylic acids is 1. The minimum absolute atomic E-state index is 0.0402. The normalized spacial score (nSPS) is 13.2. The Kier molecular flexibility index (Phi) is 6.80. The summed E-state index contributed by atoms with van der Waals surface area (Å²) in [5, 5.41) is 11.4. The largest absolute Gasteiger partial charge is 0.481 e. The number of carbonyl (C=O) groups excluding carboxylic acids is 1. The molecule has 0 aliphatic carbocycles. The molecule has 100 valence electrons. The van der Waals surface area contributed by atoms with Crippen LogP contribution in [0.4, 0.5) is 0 Å². The molecule has 0 rings (SSSR count). The maximum atomic E-state index is 11.4. The van der Waals surface area contributed by atoms with E-state index in [1.54, 1.807) is 6.92 Å². The van der Waals surface area contributed by atoms with Gasteiger partial charge in [0.25, 0.3) is 0 Å². The third kappa shape index (κ3) is 7.74. The molecule has 0 aromatic rings. The zero-order valence-electron chi connectivity index (χ0n) is 11.0. The number of carbonyl (C=O) groups is 2. The van der Waals surface area contributed by atoms with Crippen LogP contribution in [0, 0.1) is 11.3 Å². The summed E-state index contributed by atoms with van der Waals surface area (Å²) in [6.07, 6.45) is 1.55. The fraction of sp³-hybridized carbons (Fsp3) is 0.833. The molecule has 0 saturated carbocycles. The van der Waals surface area contributed by atoms with E-state index in [0.29, 0.717) is 19.5 Å². The van der Waals surface area contributed by atoms with Gasteiger partial charge in [0.2, 0.25) is 5.91 Å². The number of amides is 1. The Morgan fingerprint density at radius 1 is 1.35 bits per heavy atom. The van der Waals surface area contributed by atoms with Crippen LogP contribution >= 0.6 is 0 Å². The Morgan fingerprint density at radius 3 is 2.41 bits per heavy atom. The first-order chi connectivity index (χ1) is 7.78. The van der Waals surface area contributed by atoms with Gasteiger partial charge in [-0.15, -0.1) is 0 Å². The Labute approximate surface area is 103 Å². The molecule has 4 N–H and O–H groups in total. The summed E-state index contributed by atoms with van der Waals surface area (Å²) in [6, 6.07) is 0. The number of hydrogen-bond acceptors (Lipinski definition) is 3. The van der Waals surface area contributed by atoms with Crippen molar-refractivity contribution in [1.82, 2.24) is 5.32 Å². The van der Waals surface area contributed by atoms with Crippen molar-refractivity contribution in [3.63, 3.8) is 0 Å². The van der Waals surface area contributed by atoms with Gasteiger partial charge in [-0.3, -0.25) is 9.59 Å². The van der Waals surface area contributed by atoms with Crippen molar-refractivity contribution < 1.29 is 14.7 Å². The van der Waals surface area contributed by atoms with Crippen LogP contribution in [-0.2, 0) is 9.59 Å². The van der Waals surface area contributed by atoms with Gasteiger partial charge < -0.3 is 16.2 Å². The summed E-state index contributed by atoms with van der Waals surface area (Å²) >= 11 is 0. The van der Waals surface area contributed by atoms with Crippen LogP contribution in [-0.4, -0.2) is 30.1 Å². The molecule has 1 amide bonds. The zero-order chi connectivity index (χ0) is 13.5. The van der Waals surface area contributed by atoms with Gasteiger partial charge in [-0.2, -0.15) is 0 Å². The molecule has 0 bridgehead atoms. The number of hydrogen-bond donors (Lipinski definition) is 3. The number of nitrogens with two attached hydrogens (primary N) is 1. The molecule has 0 saturated heterocycles. The quantitative estimate of drug-likeness (QED) is 0.593. The Hall–Kier alpha value is -1.10. The Balaban J connectivity index is 3.86. The second kappa shape index (κ2) is 7.27. The minimum atomic E-state index is -0.779. The predicted molar refractivity (Wildman–Crippen MR) is 66.5 cm³/mol. The molecular weight excluding hydrogens is 220 g/mol. The summed E-state index contributed by atoms with van der Waals surface area (Å²) in [6.45, 7) is 6.71. The van der Waals surface area contributed by atoms with E-state index in [9.17, 15) is 9.59 Å². The molecule has 0 spiro atoms. The van der Waals surface area contributed by atoms with Gasteiger partial charge >= 0.3 is 5.97 Å². The molecule has 1 atom stereocenters. The van der Waals surface area contributed by atoms with E-state index in [1.807, 2.05) is 13.8 Å². The first-order valence-electron chi connectivity index (χ1n) is 5.98. The molecule has 0 fully saturated rings. The van der Waals surface area contributed by atoms with Crippen LogP contribution in [0.5, 0.6) is 0 Å². The van der Waals surface area contributed by atoms with Crippen molar-refractivity contribution in [3.05, 3.63) is 0 Å². The number of carboxylic acids is 1. The topological polar surface area (TPSA) is 92.4 Å². The molecule has 0 heterocycles. The Morgan fingerprint density at radius 2 is 1.94 bits per heavy atom. The lowest BCUT2D eigenvalue weighted by Gasteiger charge is -2.24. The van der Waals surface area contributed by atoms with Crippen LogP contribution in [0.15, 0.2) is 0 Å². The van der Waals surface area contributed by atoms with E-state index in [4.69, 9.17) is 10.8 Å². The van der Waals surface area contributed by atoms with E-state index in [-0.39, 0.29) is 23.7 Å². The average molecular weight is 244 g/mol. The summed E-state index contributed by atoms with van der Waals surface area (Å²) in [4.78, 5) is 21.9. The molecule has 1 unspecified atom stereocenters. The molecule has 5 heteroatoms. The predicted octanol–water partition coefficient (Wildman–Crippen LogP) is 0.979. The molecular formula is C12H24N2O3. The highest BCUT2D eigenvalue weighted by Gasteiger charge is 2.19. The molecule has 0 aliphatic heterocycles. The van der Waals surface area contributed by atoms with Gasteiger partial charge in [-0.25, -0.2) is 0 Å². The maximum absolute atomic E-state index is 11.4. The summed E-state index contributed by atoms with van der Waals surface area (Å²) < 4.78 is 0. The van der Waals surface area contributed by atoms with Crippen LogP contribution in [0.25, 0.3) is 0 Å². The highest BCUT2D eigenvalue weighted by atomic mass is 16.4. The zero-order valence-corrected chi connectivity index (χ0v) is 11.0. The maximum Gasteiger partial charge on any atom is 0.303 e. The van der Waals surface area contributed by atoms with Crippen molar-refractivity contribution in [2.24, 2.45) is 17.1 Å². The van der Waals surface area contributed by atoms with Crippen molar-refractivity contribution in [1.29, 1.82) is 0 Å². The average Bonchev–Trinajstić information content (AvgIpc) is 2.25. The van der Waals surface area contributed by atoms with Gasteiger partial charge in [0.15, 0.2) is 0 Å². The van der Waals surface area contributed by atoms with E-state index in [2.05, 4.69) is 5.32 Å². The monoisotopic (exact) mass is 244 g/mol. The number of nitrogens with one attached hydrogen (secondary N) is 1. The van der Waals surface area contributed by atoms with Crippen molar-refractivity contribution in [2.45, 2.75) is 40.0 Å². The fourth-order valence-corrected chi connectivity index (χ4v) is 1.38. The second-order valence-electron chi connectivity index (χ2n) is 5.24. The van der Waals surface area contributed by atoms with E-state index >= 15 is 0 Å². The van der Waals surface area contributed by atoms with Gasteiger partial charge in [0.05, 0.1) is 0 Å². The summed E-state index contributed by atoms with van der Waals surface area (Å²) in [5.41, 5.74) is 5.31. The molecule has 0 aromatic carbocycles. The first kappa shape index (κ1) is 15.9. The molecule has 0 radical (unpaired) electrons. The van der Waals surface area contributed by atoms with Gasteiger partial charge in [-0.1, -0.05) is 20.8 Å². The van der Waals surface area contributed by atoms with E-state index in [0.717, 1.165) is 6.42 Å². The third-order valence-electron chi connectivity index (χ3n) is 2.92. The van der Waals surface area contributed by atoms with Crippen molar-refractivity contribution in [3.8, 4) is 0 Å². The smallest absolute Gasteiger partial charge is 0.303 e. The van der Waals surface area contributed by atoms with Crippen LogP contribution in [0.1, 0.15) is 40.0 Å². The van der Waals surface area contributed by atoms with Crippen molar-refractivity contribution in [2.75, 3.05) is 13.1 Å². The molecule has 0 aliphatic rings. The number of carboxylic acid groups (broad SMARTS) is 1. The van der Waals surface area contributed by atoms with Crippen LogP contribution < -0.4 is 11.1 Å². The molecule has 0 aromatic heterocycles. The minimum Gasteiger partial charge on any atom is -0.481 e. The van der Waals surface area contributed by atoms with E-state index < -0.39 is 5.97 Å². The highest BCUT2D eigenvalue weighted by molar-refractivity contribution is 5.78. The lowest BCUT2D eigenvalue weighted by molar-refractivity contribution is -0.137. The molecule has 5 nitrogen and oxygen atoms in total. The fourth-order valence-electron chi connectivity index (χ4n) is 1.38. The SMILES string of the molecule is CC(CN)C(=O)NCCC(C)(C)CCC(=O)O. The Bertz CT molecular complexity index is 264. The lowest BCUT2D eigenvalue weighted by atomic mass is 9.84. The second-order valence-corrected chi connectivity index (χ2v) is 5.24. The summed E-state index contributed by atoms with van der Waals surface area (Å²) in [5.74, 6) is -0.988. The molecule has 17 heavy (non-hydrogen) atoms. The number of rotatable bonds is 8. The van der Waals surface area contributed by atoms with E-state index in [1.165, 1.54) is 0 Å². The van der Waals surface area contributed by atoms with Gasteiger partial charge in [0, 0.05) is 25.4 Å². The lowest BCUT2D eigenvalue weighted by Crippen LogP contribution is -2.35. The first-order valence-corrected chi connectivity index (χ1v) is 5.98.